The second-order valence-electron chi connectivity index (χ2n) is 6.82. The third kappa shape index (κ3) is 5.34. The van der Waals surface area contributed by atoms with Gasteiger partial charge >= 0.3 is 5.97 Å². The number of rotatable bonds is 8. The van der Waals surface area contributed by atoms with Gasteiger partial charge in [-0.25, -0.2) is 0 Å². The molecule has 2 N–H and O–H groups in total. The zero-order valence-corrected chi connectivity index (χ0v) is 15.4. The Morgan fingerprint density at radius 3 is 2.42 bits per heavy atom. The summed E-state index contributed by atoms with van der Waals surface area (Å²) in [5.74, 6) is -0.173. The number of ether oxygens (including phenoxy) is 1. The quantitative estimate of drug-likeness (QED) is 0.697. The molecule has 2 aromatic carbocycles. The fourth-order valence-electron chi connectivity index (χ4n) is 2.45. The van der Waals surface area contributed by atoms with Crippen molar-refractivity contribution in [1.82, 2.24) is 0 Å². The monoisotopic (exact) mass is 355 g/mol. The highest BCUT2D eigenvalue weighted by Gasteiger charge is 2.29. The maximum absolute atomic E-state index is 12.0. The van der Waals surface area contributed by atoms with E-state index >= 15 is 0 Å². The summed E-state index contributed by atoms with van der Waals surface area (Å²) in [7, 11) is 0. The summed E-state index contributed by atoms with van der Waals surface area (Å²) < 4.78 is 5.63. The van der Waals surface area contributed by atoms with E-state index in [2.05, 4.69) is 5.32 Å². The van der Waals surface area contributed by atoms with E-state index in [0.29, 0.717) is 30.7 Å². The SMILES string of the molecule is Cc1cccc(OCCCC(=O)Nc2ccc(C(C)(C)C(=O)O)cc2)c1. The molecule has 0 aliphatic carbocycles. The number of carbonyl (C=O) groups is 2. The number of benzene rings is 2. The minimum absolute atomic E-state index is 0.0944. The van der Waals surface area contributed by atoms with E-state index in [1.54, 1.807) is 38.1 Å². The van der Waals surface area contributed by atoms with Crippen molar-refractivity contribution in [3.05, 3.63) is 59.7 Å². The lowest BCUT2D eigenvalue weighted by molar-refractivity contribution is -0.142. The van der Waals surface area contributed by atoms with Crippen LogP contribution in [0.5, 0.6) is 5.75 Å². The molecule has 0 heterocycles. The van der Waals surface area contributed by atoms with Crippen LogP contribution in [0.3, 0.4) is 0 Å². The summed E-state index contributed by atoms with van der Waals surface area (Å²) in [6.45, 7) is 5.78. The number of carboxylic acid groups (broad SMARTS) is 1. The maximum atomic E-state index is 12.0. The third-order valence-electron chi connectivity index (χ3n) is 4.23. The molecule has 5 nitrogen and oxygen atoms in total. The van der Waals surface area contributed by atoms with Crippen LogP contribution < -0.4 is 10.1 Å². The molecule has 0 bridgehead atoms. The molecule has 0 aromatic heterocycles. The highest BCUT2D eigenvalue weighted by molar-refractivity contribution is 5.90. The van der Waals surface area contributed by atoms with Crippen molar-refractivity contribution < 1.29 is 19.4 Å². The van der Waals surface area contributed by atoms with Gasteiger partial charge in [0, 0.05) is 12.1 Å². The van der Waals surface area contributed by atoms with Crippen molar-refractivity contribution in [2.45, 2.75) is 39.0 Å². The number of amides is 1. The van der Waals surface area contributed by atoms with Crippen LogP contribution in [0.25, 0.3) is 0 Å². The van der Waals surface area contributed by atoms with E-state index in [9.17, 15) is 14.7 Å². The summed E-state index contributed by atoms with van der Waals surface area (Å²) in [5, 5.41) is 12.1. The third-order valence-corrected chi connectivity index (χ3v) is 4.23. The van der Waals surface area contributed by atoms with E-state index in [4.69, 9.17) is 4.74 Å². The zero-order chi connectivity index (χ0) is 19.2. The van der Waals surface area contributed by atoms with E-state index in [1.807, 2.05) is 31.2 Å². The molecule has 2 aromatic rings. The number of anilines is 1. The van der Waals surface area contributed by atoms with Gasteiger partial charge in [-0.05, 0) is 62.6 Å². The molecule has 0 aliphatic rings. The molecule has 0 fully saturated rings. The van der Waals surface area contributed by atoms with Gasteiger partial charge in [0.2, 0.25) is 5.91 Å². The second kappa shape index (κ2) is 8.52. The van der Waals surface area contributed by atoms with E-state index in [-0.39, 0.29) is 5.91 Å². The van der Waals surface area contributed by atoms with Crippen LogP contribution in [0.1, 0.15) is 37.8 Å². The first-order valence-corrected chi connectivity index (χ1v) is 8.62. The standard InChI is InChI=1S/C21H25NO4/c1-15-6-4-7-18(14-15)26-13-5-8-19(23)22-17-11-9-16(10-12-17)21(2,3)20(24)25/h4,6-7,9-12,14H,5,8,13H2,1-3H3,(H,22,23)(H,24,25). The van der Waals surface area contributed by atoms with Crippen LogP contribution in [-0.4, -0.2) is 23.6 Å². The Morgan fingerprint density at radius 1 is 1.12 bits per heavy atom. The predicted octanol–water partition coefficient (Wildman–Crippen LogP) is 4.15. The molecule has 0 radical (unpaired) electrons. The van der Waals surface area contributed by atoms with E-state index in [1.165, 1.54) is 0 Å². The lowest BCUT2D eigenvalue weighted by Gasteiger charge is -2.19. The first-order chi connectivity index (χ1) is 12.3. The molecule has 0 saturated carbocycles. The van der Waals surface area contributed by atoms with Crippen LogP contribution in [-0.2, 0) is 15.0 Å². The summed E-state index contributed by atoms with van der Waals surface area (Å²) in [6, 6.07) is 14.7. The Labute approximate surface area is 154 Å². The van der Waals surface area contributed by atoms with Crippen molar-refractivity contribution in [3.8, 4) is 5.75 Å². The molecule has 2 rings (SSSR count). The fraction of sp³-hybridized carbons (Fsp3) is 0.333. The summed E-state index contributed by atoms with van der Waals surface area (Å²) in [6.07, 6.45) is 0.970. The lowest BCUT2D eigenvalue weighted by Crippen LogP contribution is -2.28. The van der Waals surface area contributed by atoms with Crippen molar-refractivity contribution in [3.63, 3.8) is 0 Å². The minimum Gasteiger partial charge on any atom is -0.494 e. The Hall–Kier alpha value is -2.82. The van der Waals surface area contributed by atoms with E-state index < -0.39 is 11.4 Å². The van der Waals surface area contributed by atoms with Crippen molar-refractivity contribution in [2.24, 2.45) is 0 Å². The number of aryl methyl sites for hydroxylation is 1. The molecule has 26 heavy (non-hydrogen) atoms. The number of nitrogens with one attached hydrogen (secondary N) is 1. The van der Waals surface area contributed by atoms with Gasteiger partial charge in [0.05, 0.1) is 12.0 Å². The highest BCUT2D eigenvalue weighted by atomic mass is 16.5. The van der Waals surface area contributed by atoms with Crippen molar-refractivity contribution >= 4 is 17.6 Å². The average molecular weight is 355 g/mol. The van der Waals surface area contributed by atoms with Gasteiger partial charge in [-0.3, -0.25) is 9.59 Å². The molecule has 0 unspecified atom stereocenters. The fourth-order valence-corrected chi connectivity index (χ4v) is 2.45. The maximum Gasteiger partial charge on any atom is 0.313 e. The van der Waals surface area contributed by atoms with Crippen LogP contribution in [0, 0.1) is 6.92 Å². The first-order valence-electron chi connectivity index (χ1n) is 8.62. The molecule has 0 atom stereocenters. The van der Waals surface area contributed by atoms with Gasteiger partial charge < -0.3 is 15.2 Å². The summed E-state index contributed by atoms with van der Waals surface area (Å²) in [5.41, 5.74) is 1.51. The molecule has 0 aliphatic heterocycles. The molecule has 1 amide bonds. The number of hydrogen-bond acceptors (Lipinski definition) is 3. The number of carbonyl (C=O) groups excluding carboxylic acids is 1. The molecule has 0 saturated heterocycles. The number of carboxylic acids is 1. The molecule has 5 heteroatoms. The van der Waals surface area contributed by atoms with Gasteiger partial charge in [-0.15, -0.1) is 0 Å². The van der Waals surface area contributed by atoms with Gasteiger partial charge in [0.1, 0.15) is 5.75 Å². The predicted molar refractivity (Wildman–Crippen MR) is 102 cm³/mol. The van der Waals surface area contributed by atoms with Gasteiger partial charge in [0.25, 0.3) is 0 Å². The molecular weight excluding hydrogens is 330 g/mol. The summed E-state index contributed by atoms with van der Waals surface area (Å²) in [4.78, 5) is 23.3. The minimum atomic E-state index is -0.963. The first kappa shape index (κ1) is 19.5. The second-order valence-corrected chi connectivity index (χ2v) is 6.82. The zero-order valence-electron chi connectivity index (χ0n) is 15.4. The lowest BCUT2D eigenvalue weighted by atomic mass is 9.85. The summed E-state index contributed by atoms with van der Waals surface area (Å²) >= 11 is 0. The van der Waals surface area contributed by atoms with Gasteiger partial charge in [-0.2, -0.15) is 0 Å². The van der Waals surface area contributed by atoms with E-state index in [0.717, 1.165) is 11.3 Å². The molecule has 0 spiro atoms. The Bertz CT molecular complexity index is 766. The average Bonchev–Trinajstić information content (AvgIpc) is 2.59. The normalized spacial score (nSPS) is 11.0. The van der Waals surface area contributed by atoms with Crippen LogP contribution >= 0.6 is 0 Å². The van der Waals surface area contributed by atoms with Crippen LogP contribution in [0.4, 0.5) is 5.69 Å². The molecular formula is C21H25NO4. The Balaban J connectivity index is 1.78. The highest BCUT2D eigenvalue weighted by Crippen LogP contribution is 2.24. The Kier molecular flexibility index (Phi) is 6.39. The van der Waals surface area contributed by atoms with Crippen LogP contribution in [0.2, 0.25) is 0 Å². The Morgan fingerprint density at radius 2 is 1.81 bits per heavy atom. The van der Waals surface area contributed by atoms with Crippen molar-refractivity contribution in [2.75, 3.05) is 11.9 Å². The number of aliphatic carboxylic acids is 1. The number of hydrogen-bond donors (Lipinski definition) is 2. The van der Waals surface area contributed by atoms with Crippen molar-refractivity contribution in [1.29, 1.82) is 0 Å². The van der Waals surface area contributed by atoms with Gasteiger partial charge in [-0.1, -0.05) is 24.3 Å². The largest absolute Gasteiger partial charge is 0.494 e. The molecule has 138 valence electrons. The smallest absolute Gasteiger partial charge is 0.313 e. The topological polar surface area (TPSA) is 75.6 Å². The van der Waals surface area contributed by atoms with Crippen LogP contribution in [0.15, 0.2) is 48.5 Å². The van der Waals surface area contributed by atoms with Gasteiger partial charge in [0.15, 0.2) is 0 Å².